The van der Waals surface area contributed by atoms with Gasteiger partial charge in [0, 0.05) is 6.54 Å². The summed E-state index contributed by atoms with van der Waals surface area (Å²) in [6, 6.07) is 8.07. The molecule has 0 saturated heterocycles. The standard InChI is InChI=1S/C12H19NO/c1-2-3-4-10-5-7-11(8-6-10)12(14)9-13/h5-8,12,14H,2-4,9,13H2,1H3. The minimum atomic E-state index is -0.518. The third-order valence-electron chi connectivity index (χ3n) is 2.41. The Morgan fingerprint density at radius 1 is 1.29 bits per heavy atom. The van der Waals surface area contributed by atoms with Gasteiger partial charge >= 0.3 is 0 Å². The van der Waals surface area contributed by atoms with E-state index >= 15 is 0 Å². The molecule has 1 atom stereocenters. The second-order valence-corrected chi connectivity index (χ2v) is 3.60. The second kappa shape index (κ2) is 5.78. The normalized spacial score (nSPS) is 12.8. The molecular formula is C12H19NO. The zero-order chi connectivity index (χ0) is 10.4. The van der Waals surface area contributed by atoms with Crippen LogP contribution in [-0.4, -0.2) is 11.7 Å². The molecule has 0 aliphatic rings. The number of aryl methyl sites for hydroxylation is 1. The number of hydrogen-bond donors (Lipinski definition) is 2. The molecule has 1 aromatic carbocycles. The van der Waals surface area contributed by atoms with Crippen molar-refractivity contribution in [3.8, 4) is 0 Å². The molecule has 1 rings (SSSR count). The summed E-state index contributed by atoms with van der Waals surface area (Å²) in [5.41, 5.74) is 7.62. The van der Waals surface area contributed by atoms with Crippen LogP contribution in [0.1, 0.15) is 37.0 Å². The topological polar surface area (TPSA) is 46.2 Å². The largest absolute Gasteiger partial charge is 0.387 e. The predicted molar refractivity (Wildman–Crippen MR) is 59.1 cm³/mol. The summed E-state index contributed by atoms with van der Waals surface area (Å²) in [4.78, 5) is 0. The number of rotatable bonds is 5. The molecule has 0 aliphatic heterocycles. The highest BCUT2D eigenvalue weighted by molar-refractivity contribution is 5.24. The quantitative estimate of drug-likeness (QED) is 0.751. The number of aliphatic hydroxyl groups is 1. The van der Waals surface area contributed by atoms with Crippen LogP contribution in [0.5, 0.6) is 0 Å². The zero-order valence-electron chi connectivity index (χ0n) is 8.74. The Balaban J connectivity index is 2.59. The van der Waals surface area contributed by atoms with Gasteiger partial charge in [0.15, 0.2) is 0 Å². The Labute approximate surface area is 85.8 Å². The number of benzene rings is 1. The number of aliphatic hydroxyl groups excluding tert-OH is 1. The third-order valence-corrected chi connectivity index (χ3v) is 2.41. The van der Waals surface area contributed by atoms with Gasteiger partial charge in [-0.3, -0.25) is 0 Å². The van der Waals surface area contributed by atoms with Crippen LogP contribution in [0.3, 0.4) is 0 Å². The molecule has 0 amide bonds. The lowest BCUT2D eigenvalue weighted by Gasteiger charge is -2.08. The van der Waals surface area contributed by atoms with E-state index < -0.39 is 6.10 Å². The maximum absolute atomic E-state index is 9.47. The molecular weight excluding hydrogens is 174 g/mol. The van der Waals surface area contributed by atoms with Gasteiger partial charge in [0.2, 0.25) is 0 Å². The highest BCUT2D eigenvalue weighted by atomic mass is 16.3. The Kier molecular flexibility index (Phi) is 4.63. The molecule has 0 heterocycles. The van der Waals surface area contributed by atoms with Crippen molar-refractivity contribution in [3.05, 3.63) is 35.4 Å². The smallest absolute Gasteiger partial charge is 0.0912 e. The van der Waals surface area contributed by atoms with Crippen molar-refractivity contribution in [3.63, 3.8) is 0 Å². The van der Waals surface area contributed by atoms with Crippen LogP contribution in [0, 0.1) is 0 Å². The fraction of sp³-hybridized carbons (Fsp3) is 0.500. The second-order valence-electron chi connectivity index (χ2n) is 3.60. The van der Waals surface area contributed by atoms with E-state index in [4.69, 9.17) is 5.73 Å². The highest BCUT2D eigenvalue weighted by Gasteiger charge is 2.03. The van der Waals surface area contributed by atoms with E-state index in [9.17, 15) is 5.11 Å². The molecule has 1 aromatic rings. The van der Waals surface area contributed by atoms with Gasteiger partial charge in [-0.05, 0) is 24.0 Å². The lowest BCUT2D eigenvalue weighted by atomic mass is 10.0. The van der Waals surface area contributed by atoms with Gasteiger partial charge in [-0.25, -0.2) is 0 Å². The summed E-state index contributed by atoms with van der Waals surface area (Å²) < 4.78 is 0. The summed E-state index contributed by atoms with van der Waals surface area (Å²) in [6.07, 6.45) is 3.04. The van der Waals surface area contributed by atoms with Gasteiger partial charge in [0.05, 0.1) is 6.10 Å². The summed E-state index contributed by atoms with van der Waals surface area (Å²) in [6.45, 7) is 2.47. The molecule has 3 N–H and O–H groups in total. The van der Waals surface area contributed by atoms with Crippen LogP contribution in [0.2, 0.25) is 0 Å². The molecule has 0 radical (unpaired) electrons. The lowest BCUT2D eigenvalue weighted by Crippen LogP contribution is -2.11. The molecule has 0 saturated carbocycles. The molecule has 1 unspecified atom stereocenters. The Hall–Kier alpha value is -0.860. The first-order chi connectivity index (χ1) is 6.77. The van der Waals surface area contributed by atoms with Crippen LogP contribution < -0.4 is 5.73 Å². The first-order valence-corrected chi connectivity index (χ1v) is 5.25. The maximum atomic E-state index is 9.47. The lowest BCUT2D eigenvalue weighted by molar-refractivity contribution is 0.186. The van der Waals surface area contributed by atoms with E-state index in [0.29, 0.717) is 0 Å². The molecule has 78 valence electrons. The average Bonchev–Trinajstić information content (AvgIpc) is 2.26. The van der Waals surface area contributed by atoms with E-state index in [1.807, 2.05) is 12.1 Å². The average molecular weight is 193 g/mol. The molecule has 0 aliphatic carbocycles. The van der Waals surface area contributed by atoms with Crippen molar-refractivity contribution in [2.45, 2.75) is 32.3 Å². The van der Waals surface area contributed by atoms with Crippen molar-refractivity contribution in [2.75, 3.05) is 6.54 Å². The van der Waals surface area contributed by atoms with Crippen LogP contribution in [-0.2, 0) is 6.42 Å². The van der Waals surface area contributed by atoms with Crippen LogP contribution in [0.15, 0.2) is 24.3 Å². The molecule has 0 bridgehead atoms. The van der Waals surface area contributed by atoms with Gasteiger partial charge in [-0.1, -0.05) is 37.6 Å². The first kappa shape index (κ1) is 11.2. The summed E-state index contributed by atoms with van der Waals surface area (Å²) >= 11 is 0. The third kappa shape index (κ3) is 3.13. The predicted octanol–water partition coefficient (Wildman–Crippen LogP) is 2.02. The van der Waals surface area contributed by atoms with Crippen molar-refractivity contribution >= 4 is 0 Å². The SMILES string of the molecule is CCCCc1ccc(C(O)CN)cc1. The molecule has 0 spiro atoms. The molecule has 2 heteroatoms. The van der Waals surface area contributed by atoms with Gasteiger partial charge in [0.1, 0.15) is 0 Å². The Bertz CT molecular complexity index is 256. The Morgan fingerprint density at radius 3 is 2.43 bits per heavy atom. The highest BCUT2D eigenvalue weighted by Crippen LogP contribution is 2.13. The first-order valence-electron chi connectivity index (χ1n) is 5.25. The fourth-order valence-electron chi connectivity index (χ4n) is 1.42. The van der Waals surface area contributed by atoms with E-state index in [2.05, 4.69) is 19.1 Å². The van der Waals surface area contributed by atoms with Crippen LogP contribution >= 0.6 is 0 Å². The summed E-state index contributed by atoms with van der Waals surface area (Å²) in [5, 5.41) is 9.47. The molecule has 0 aromatic heterocycles. The van der Waals surface area contributed by atoms with Crippen molar-refractivity contribution in [2.24, 2.45) is 5.73 Å². The monoisotopic (exact) mass is 193 g/mol. The van der Waals surface area contributed by atoms with E-state index in [1.165, 1.54) is 18.4 Å². The molecule has 0 fully saturated rings. The van der Waals surface area contributed by atoms with Crippen LogP contribution in [0.4, 0.5) is 0 Å². The molecule has 14 heavy (non-hydrogen) atoms. The Morgan fingerprint density at radius 2 is 1.93 bits per heavy atom. The van der Waals surface area contributed by atoms with E-state index in [-0.39, 0.29) is 6.54 Å². The van der Waals surface area contributed by atoms with Crippen molar-refractivity contribution in [1.82, 2.24) is 0 Å². The number of nitrogens with two attached hydrogens (primary N) is 1. The zero-order valence-corrected chi connectivity index (χ0v) is 8.74. The minimum Gasteiger partial charge on any atom is -0.387 e. The fourth-order valence-corrected chi connectivity index (χ4v) is 1.42. The van der Waals surface area contributed by atoms with Gasteiger partial charge < -0.3 is 10.8 Å². The maximum Gasteiger partial charge on any atom is 0.0912 e. The van der Waals surface area contributed by atoms with Crippen LogP contribution in [0.25, 0.3) is 0 Å². The molecule has 2 nitrogen and oxygen atoms in total. The van der Waals surface area contributed by atoms with E-state index in [1.54, 1.807) is 0 Å². The van der Waals surface area contributed by atoms with E-state index in [0.717, 1.165) is 12.0 Å². The van der Waals surface area contributed by atoms with Gasteiger partial charge in [0.25, 0.3) is 0 Å². The summed E-state index contributed by atoms with van der Waals surface area (Å²) in [5.74, 6) is 0. The van der Waals surface area contributed by atoms with Gasteiger partial charge in [-0.2, -0.15) is 0 Å². The number of unbranched alkanes of at least 4 members (excludes halogenated alkanes) is 1. The minimum absolute atomic E-state index is 0.286. The van der Waals surface area contributed by atoms with Crippen molar-refractivity contribution in [1.29, 1.82) is 0 Å². The number of hydrogen-bond acceptors (Lipinski definition) is 2. The summed E-state index contributed by atoms with van der Waals surface area (Å²) in [7, 11) is 0. The van der Waals surface area contributed by atoms with Gasteiger partial charge in [-0.15, -0.1) is 0 Å². The van der Waals surface area contributed by atoms with Crippen molar-refractivity contribution < 1.29 is 5.11 Å².